The molecule has 134 valence electrons. The molecule has 0 aliphatic carbocycles. The van der Waals surface area contributed by atoms with E-state index in [2.05, 4.69) is 10.1 Å². The first-order valence-electron chi connectivity index (χ1n) is 7.86. The summed E-state index contributed by atoms with van der Waals surface area (Å²) in [4.78, 5) is 0. The van der Waals surface area contributed by atoms with Crippen molar-refractivity contribution in [2.75, 3.05) is 20.3 Å². The van der Waals surface area contributed by atoms with Gasteiger partial charge in [-0.05, 0) is 29.8 Å². The molecule has 3 rings (SSSR count). The van der Waals surface area contributed by atoms with E-state index in [0.29, 0.717) is 19.7 Å². The molecule has 0 bridgehead atoms. The van der Waals surface area contributed by atoms with Gasteiger partial charge in [0.25, 0.3) is 0 Å². The van der Waals surface area contributed by atoms with Crippen molar-refractivity contribution in [1.82, 2.24) is 5.32 Å². The minimum absolute atomic E-state index is 0.0166. The molecule has 7 heteroatoms. The molecule has 25 heavy (non-hydrogen) atoms. The van der Waals surface area contributed by atoms with Gasteiger partial charge in [0.05, 0.1) is 7.11 Å². The minimum atomic E-state index is -2.90. The van der Waals surface area contributed by atoms with Crippen LogP contribution in [0, 0.1) is 0 Å². The van der Waals surface area contributed by atoms with E-state index in [1.807, 2.05) is 24.3 Å². The number of alkyl halides is 2. The molecule has 1 atom stereocenters. The van der Waals surface area contributed by atoms with Crippen LogP contribution in [-0.4, -0.2) is 33.0 Å². The normalized spacial score (nSPS) is 15.9. The Morgan fingerprint density at radius 2 is 1.96 bits per heavy atom. The molecule has 1 aliphatic heterocycles. The fourth-order valence-corrected chi connectivity index (χ4v) is 2.56. The van der Waals surface area contributed by atoms with Crippen LogP contribution < -0.4 is 24.3 Å². The number of ether oxygens (including phenoxy) is 4. The highest BCUT2D eigenvalue weighted by Crippen LogP contribution is 2.31. The Morgan fingerprint density at radius 3 is 2.72 bits per heavy atom. The highest BCUT2D eigenvalue weighted by Gasteiger charge is 2.20. The largest absolute Gasteiger partial charge is 0.493 e. The smallest absolute Gasteiger partial charge is 0.387 e. The van der Waals surface area contributed by atoms with Gasteiger partial charge >= 0.3 is 6.61 Å². The maximum atomic E-state index is 12.5. The maximum absolute atomic E-state index is 12.5. The van der Waals surface area contributed by atoms with Gasteiger partial charge in [-0.2, -0.15) is 8.78 Å². The third kappa shape index (κ3) is 4.51. The number of benzene rings is 2. The lowest BCUT2D eigenvalue weighted by Crippen LogP contribution is -2.38. The number of fused-ring (bicyclic) bond motifs is 1. The maximum Gasteiger partial charge on any atom is 0.387 e. The van der Waals surface area contributed by atoms with Crippen LogP contribution in [0.3, 0.4) is 0 Å². The second kappa shape index (κ2) is 8.02. The molecule has 1 aliphatic rings. The number of rotatable bonds is 7. The molecule has 2 aromatic carbocycles. The van der Waals surface area contributed by atoms with Crippen LogP contribution >= 0.6 is 0 Å². The molecule has 0 saturated heterocycles. The molecule has 0 unspecified atom stereocenters. The topological polar surface area (TPSA) is 49.0 Å². The van der Waals surface area contributed by atoms with Gasteiger partial charge < -0.3 is 24.3 Å². The standard InChI is InChI=1S/C18H19F2NO4/c1-22-14-7-6-12(8-17(14)25-18(19)20)9-21-10-13-11-23-15-4-2-3-5-16(15)24-13/h2-8,13,18,21H,9-11H2,1H3/t13-/m1/s1. The molecule has 0 spiro atoms. The summed E-state index contributed by atoms with van der Waals surface area (Å²) >= 11 is 0. The van der Waals surface area contributed by atoms with Crippen LogP contribution in [0.25, 0.3) is 0 Å². The molecule has 5 nitrogen and oxygen atoms in total. The zero-order valence-corrected chi connectivity index (χ0v) is 13.7. The number of para-hydroxylation sites is 2. The second-order valence-electron chi connectivity index (χ2n) is 5.49. The zero-order valence-electron chi connectivity index (χ0n) is 13.7. The lowest BCUT2D eigenvalue weighted by atomic mass is 10.2. The van der Waals surface area contributed by atoms with E-state index in [-0.39, 0.29) is 17.6 Å². The first kappa shape index (κ1) is 17.3. The zero-order chi connectivity index (χ0) is 17.6. The summed E-state index contributed by atoms with van der Waals surface area (Å²) in [6.07, 6.45) is -0.120. The third-order valence-electron chi connectivity index (χ3n) is 3.71. The average Bonchev–Trinajstić information content (AvgIpc) is 2.61. The van der Waals surface area contributed by atoms with E-state index in [0.717, 1.165) is 17.1 Å². The molecular weight excluding hydrogens is 332 g/mol. The predicted molar refractivity (Wildman–Crippen MR) is 87.7 cm³/mol. The Hall–Kier alpha value is -2.54. The van der Waals surface area contributed by atoms with Crippen LogP contribution in [0.2, 0.25) is 0 Å². The first-order valence-corrected chi connectivity index (χ1v) is 7.86. The minimum Gasteiger partial charge on any atom is -0.493 e. The van der Waals surface area contributed by atoms with Gasteiger partial charge in [-0.25, -0.2) is 0 Å². The lowest BCUT2D eigenvalue weighted by Gasteiger charge is -2.26. The van der Waals surface area contributed by atoms with Crippen LogP contribution in [0.4, 0.5) is 8.78 Å². The monoisotopic (exact) mass is 351 g/mol. The first-order chi connectivity index (χ1) is 12.2. The average molecular weight is 351 g/mol. The van der Waals surface area contributed by atoms with Crippen molar-refractivity contribution in [3.8, 4) is 23.0 Å². The van der Waals surface area contributed by atoms with Crippen molar-refractivity contribution in [3.63, 3.8) is 0 Å². The van der Waals surface area contributed by atoms with Crippen LogP contribution in [0.1, 0.15) is 5.56 Å². The number of hydrogen-bond acceptors (Lipinski definition) is 5. The van der Waals surface area contributed by atoms with E-state index in [1.54, 1.807) is 12.1 Å². The van der Waals surface area contributed by atoms with Crippen LogP contribution in [0.5, 0.6) is 23.0 Å². The summed E-state index contributed by atoms with van der Waals surface area (Å²) in [7, 11) is 1.41. The van der Waals surface area contributed by atoms with E-state index in [4.69, 9.17) is 14.2 Å². The molecule has 0 radical (unpaired) electrons. The third-order valence-corrected chi connectivity index (χ3v) is 3.71. The van der Waals surface area contributed by atoms with E-state index in [9.17, 15) is 8.78 Å². The Kier molecular flexibility index (Phi) is 5.55. The highest BCUT2D eigenvalue weighted by atomic mass is 19.3. The summed E-state index contributed by atoms with van der Waals surface area (Å²) in [5.74, 6) is 1.74. The van der Waals surface area contributed by atoms with Gasteiger partial charge in [0.15, 0.2) is 23.0 Å². The molecule has 2 aromatic rings. The lowest BCUT2D eigenvalue weighted by molar-refractivity contribution is -0.0512. The molecule has 0 saturated carbocycles. The van der Waals surface area contributed by atoms with Crippen molar-refractivity contribution in [1.29, 1.82) is 0 Å². The van der Waals surface area contributed by atoms with Gasteiger partial charge in [0.2, 0.25) is 0 Å². The van der Waals surface area contributed by atoms with E-state index in [1.165, 1.54) is 13.2 Å². The fourth-order valence-electron chi connectivity index (χ4n) is 2.56. The Labute approximate surface area is 144 Å². The van der Waals surface area contributed by atoms with Crippen LogP contribution in [-0.2, 0) is 6.54 Å². The van der Waals surface area contributed by atoms with Crippen molar-refractivity contribution in [2.45, 2.75) is 19.3 Å². The number of hydrogen-bond donors (Lipinski definition) is 1. The Bertz CT molecular complexity index is 711. The quantitative estimate of drug-likeness (QED) is 0.830. The summed E-state index contributed by atoms with van der Waals surface area (Å²) < 4.78 is 45.9. The number of methoxy groups -OCH3 is 1. The highest BCUT2D eigenvalue weighted by molar-refractivity contribution is 5.43. The van der Waals surface area contributed by atoms with Crippen molar-refractivity contribution < 1.29 is 27.7 Å². The summed E-state index contributed by atoms with van der Waals surface area (Å²) in [5.41, 5.74) is 0.800. The summed E-state index contributed by atoms with van der Waals surface area (Å²) in [6.45, 7) is -1.41. The van der Waals surface area contributed by atoms with Gasteiger partial charge in [-0.1, -0.05) is 18.2 Å². The van der Waals surface area contributed by atoms with E-state index >= 15 is 0 Å². The van der Waals surface area contributed by atoms with Crippen molar-refractivity contribution in [3.05, 3.63) is 48.0 Å². The summed E-state index contributed by atoms with van der Waals surface area (Å²) in [5, 5.41) is 3.23. The second-order valence-corrected chi connectivity index (χ2v) is 5.49. The molecule has 0 aromatic heterocycles. The number of halogens is 2. The summed E-state index contributed by atoms with van der Waals surface area (Å²) in [6, 6.07) is 12.4. The van der Waals surface area contributed by atoms with Gasteiger partial charge in [0, 0.05) is 13.1 Å². The Balaban J connectivity index is 1.54. The van der Waals surface area contributed by atoms with Crippen molar-refractivity contribution >= 4 is 0 Å². The van der Waals surface area contributed by atoms with Gasteiger partial charge in [-0.3, -0.25) is 0 Å². The SMILES string of the molecule is COc1ccc(CNC[C@@H]2COc3ccccc3O2)cc1OC(F)F. The van der Waals surface area contributed by atoms with Gasteiger partial charge in [-0.15, -0.1) is 0 Å². The fraction of sp³-hybridized carbons (Fsp3) is 0.333. The molecule has 0 amide bonds. The Morgan fingerprint density at radius 1 is 1.16 bits per heavy atom. The molecule has 0 fully saturated rings. The molecule has 1 N–H and O–H groups in total. The molecule has 1 heterocycles. The van der Waals surface area contributed by atoms with Crippen molar-refractivity contribution in [2.24, 2.45) is 0 Å². The van der Waals surface area contributed by atoms with E-state index < -0.39 is 6.61 Å². The van der Waals surface area contributed by atoms with Gasteiger partial charge in [0.1, 0.15) is 12.7 Å². The number of nitrogens with one attached hydrogen (secondary N) is 1. The van der Waals surface area contributed by atoms with Crippen LogP contribution in [0.15, 0.2) is 42.5 Å². The molecular formula is C18H19F2NO4. The predicted octanol–water partition coefficient (Wildman–Crippen LogP) is 3.23.